The Kier molecular flexibility index (Phi) is 3.45. The third-order valence-corrected chi connectivity index (χ3v) is 1.83. The summed E-state index contributed by atoms with van der Waals surface area (Å²) in [6, 6.07) is 1.79. The molecule has 0 saturated heterocycles. The largest absolute Gasteiger partial charge is 0.397 e. The second kappa shape index (κ2) is 4.60. The van der Waals surface area contributed by atoms with Crippen LogP contribution in [0, 0.1) is 6.92 Å². The minimum atomic E-state index is -0.00660. The summed E-state index contributed by atoms with van der Waals surface area (Å²) in [4.78, 5) is 15.3. The minimum Gasteiger partial charge on any atom is -0.397 e. The molecule has 4 nitrogen and oxygen atoms in total. The second-order valence-corrected chi connectivity index (χ2v) is 3.23. The molecule has 0 unspecified atom stereocenters. The molecule has 0 atom stereocenters. The highest BCUT2D eigenvalue weighted by Crippen LogP contribution is 2.13. The smallest absolute Gasteiger partial charge is 0.225 e. The fourth-order valence-electron chi connectivity index (χ4n) is 1.15. The quantitative estimate of drug-likeness (QED) is 0.767. The SMILES string of the molecule is CCCC(=O)Nc1ncc(N)cc1C. The molecule has 0 aliphatic carbocycles. The Morgan fingerprint density at radius 3 is 2.93 bits per heavy atom. The predicted molar refractivity (Wildman–Crippen MR) is 56.9 cm³/mol. The summed E-state index contributed by atoms with van der Waals surface area (Å²) in [5, 5.41) is 2.73. The molecule has 0 saturated carbocycles. The first-order chi connectivity index (χ1) is 6.63. The number of pyridine rings is 1. The molecule has 4 heteroatoms. The molecular formula is C10H15N3O. The molecule has 1 rings (SSSR count). The number of nitrogen functional groups attached to an aromatic ring is 1. The third-order valence-electron chi connectivity index (χ3n) is 1.83. The molecule has 1 amide bonds. The number of carbonyl (C=O) groups is 1. The van der Waals surface area contributed by atoms with Crippen LogP contribution in [0.1, 0.15) is 25.3 Å². The number of amides is 1. The number of rotatable bonds is 3. The molecule has 0 aliphatic heterocycles. The maximum absolute atomic E-state index is 11.3. The maximum Gasteiger partial charge on any atom is 0.225 e. The summed E-state index contributed by atoms with van der Waals surface area (Å²) >= 11 is 0. The number of aromatic nitrogens is 1. The normalized spacial score (nSPS) is 9.86. The van der Waals surface area contributed by atoms with E-state index < -0.39 is 0 Å². The van der Waals surface area contributed by atoms with Gasteiger partial charge in [-0.2, -0.15) is 0 Å². The number of carbonyl (C=O) groups excluding carboxylic acids is 1. The summed E-state index contributed by atoms with van der Waals surface area (Å²) < 4.78 is 0. The fourth-order valence-corrected chi connectivity index (χ4v) is 1.15. The molecule has 0 aliphatic rings. The molecule has 1 aromatic rings. The first kappa shape index (κ1) is 10.5. The lowest BCUT2D eigenvalue weighted by atomic mass is 10.2. The van der Waals surface area contributed by atoms with Gasteiger partial charge in [0.25, 0.3) is 0 Å². The summed E-state index contributed by atoms with van der Waals surface area (Å²) in [6.07, 6.45) is 2.89. The molecule has 0 aromatic carbocycles. The highest BCUT2D eigenvalue weighted by molar-refractivity contribution is 5.90. The van der Waals surface area contributed by atoms with Crippen molar-refractivity contribution in [2.75, 3.05) is 11.1 Å². The van der Waals surface area contributed by atoms with Crippen molar-refractivity contribution in [2.45, 2.75) is 26.7 Å². The van der Waals surface area contributed by atoms with Crippen LogP contribution in [0.3, 0.4) is 0 Å². The van der Waals surface area contributed by atoms with Gasteiger partial charge in [0.1, 0.15) is 5.82 Å². The van der Waals surface area contributed by atoms with Gasteiger partial charge in [0.15, 0.2) is 0 Å². The Morgan fingerprint density at radius 1 is 1.64 bits per heavy atom. The molecule has 1 heterocycles. The zero-order valence-corrected chi connectivity index (χ0v) is 8.50. The number of aryl methyl sites for hydroxylation is 1. The first-order valence-corrected chi connectivity index (χ1v) is 4.65. The number of hydrogen-bond acceptors (Lipinski definition) is 3. The lowest BCUT2D eigenvalue weighted by molar-refractivity contribution is -0.116. The maximum atomic E-state index is 11.3. The number of nitrogens with two attached hydrogens (primary N) is 1. The standard InChI is InChI=1S/C10H15N3O/c1-3-4-9(14)13-10-7(2)5-8(11)6-12-10/h5-6H,3-4,11H2,1-2H3,(H,12,13,14). The van der Waals surface area contributed by atoms with E-state index in [2.05, 4.69) is 10.3 Å². The molecule has 3 N–H and O–H groups in total. The van der Waals surface area contributed by atoms with Crippen molar-refractivity contribution in [3.8, 4) is 0 Å². The van der Waals surface area contributed by atoms with Crippen molar-refractivity contribution in [2.24, 2.45) is 0 Å². The van der Waals surface area contributed by atoms with E-state index in [1.54, 1.807) is 6.07 Å². The molecule has 1 aromatic heterocycles. The van der Waals surface area contributed by atoms with Gasteiger partial charge in [-0.3, -0.25) is 4.79 Å². The highest BCUT2D eigenvalue weighted by atomic mass is 16.1. The Labute approximate surface area is 83.5 Å². The van der Waals surface area contributed by atoms with Crippen LogP contribution in [0.25, 0.3) is 0 Å². The second-order valence-electron chi connectivity index (χ2n) is 3.23. The molecule has 14 heavy (non-hydrogen) atoms. The van der Waals surface area contributed by atoms with Gasteiger partial charge >= 0.3 is 0 Å². The van der Waals surface area contributed by atoms with E-state index in [-0.39, 0.29) is 5.91 Å². The Morgan fingerprint density at radius 2 is 2.36 bits per heavy atom. The van der Waals surface area contributed by atoms with E-state index >= 15 is 0 Å². The summed E-state index contributed by atoms with van der Waals surface area (Å²) in [7, 11) is 0. The van der Waals surface area contributed by atoms with Crippen LogP contribution in [0.2, 0.25) is 0 Å². The van der Waals surface area contributed by atoms with Crippen molar-refractivity contribution < 1.29 is 4.79 Å². The van der Waals surface area contributed by atoms with Gasteiger partial charge in [0, 0.05) is 6.42 Å². The van der Waals surface area contributed by atoms with Crippen molar-refractivity contribution in [1.82, 2.24) is 4.98 Å². The summed E-state index contributed by atoms with van der Waals surface area (Å²) in [5.74, 6) is 0.588. The number of anilines is 2. The Hall–Kier alpha value is -1.58. The van der Waals surface area contributed by atoms with E-state index in [1.165, 1.54) is 6.20 Å². The van der Waals surface area contributed by atoms with Gasteiger partial charge in [-0.05, 0) is 25.0 Å². The van der Waals surface area contributed by atoms with Gasteiger partial charge < -0.3 is 11.1 Å². The van der Waals surface area contributed by atoms with E-state index in [1.807, 2.05) is 13.8 Å². The van der Waals surface area contributed by atoms with Crippen LogP contribution in [0.5, 0.6) is 0 Å². The van der Waals surface area contributed by atoms with E-state index in [0.717, 1.165) is 12.0 Å². The molecule has 0 fully saturated rings. The van der Waals surface area contributed by atoms with Gasteiger partial charge in [-0.15, -0.1) is 0 Å². The lowest BCUT2D eigenvalue weighted by Gasteiger charge is -2.06. The van der Waals surface area contributed by atoms with Gasteiger partial charge in [0.2, 0.25) is 5.91 Å². The van der Waals surface area contributed by atoms with Crippen LogP contribution in [-0.2, 0) is 4.79 Å². The van der Waals surface area contributed by atoms with Crippen LogP contribution in [0.15, 0.2) is 12.3 Å². The van der Waals surface area contributed by atoms with Gasteiger partial charge in [-0.25, -0.2) is 4.98 Å². The van der Waals surface area contributed by atoms with E-state index in [9.17, 15) is 4.79 Å². The zero-order valence-electron chi connectivity index (χ0n) is 8.50. The van der Waals surface area contributed by atoms with Crippen molar-refractivity contribution >= 4 is 17.4 Å². The molecule has 0 spiro atoms. The minimum absolute atomic E-state index is 0.00660. The fraction of sp³-hybridized carbons (Fsp3) is 0.400. The molecule has 76 valence electrons. The predicted octanol–water partition coefficient (Wildman–Crippen LogP) is 1.71. The summed E-state index contributed by atoms with van der Waals surface area (Å²) in [6.45, 7) is 3.83. The zero-order chi connectivity index (χ0) is 10.6. The Balaban J connectivity index is 2.72. The molecule has 0 bridgehead atoms. The third kappa shape index (κ3) is 2.73. The average molecular weight is 193 g/mol. The summed E-state index contributed by atoms with van der Waals surface area (Å²) in [5.41, 5.74) is 7.03. The van der Waals surface area contributed by atoms with Crippen molar-refractivity contribution in [1.29, 1.82) is 0 Å². The molecule has 0 radical (unpaired) electrons. The van der Waals surface area contributed by atoms with Crippen LogP contribution < -0.4 is 11.1 Å². The topological polar surface area (TPSA) is 68.0 Å². The van der Waals surface area contributed by atoms with Gasteiger partial charge in [0.05, 0.1) is 11.9 Å². The first-order valence-electron chi connectivity index (χ1n) is 4.65. The van der Waals surface area contributed by atoms with Crippen LogP contribution in [-0.4, -0.2) is 10.9 Å². The molecular weight excluding hydrogens is 178 g/mol. The average Bonchev–Trinajstić information content (AvgIpc) is 2.10. The van der Waals surface area contributed by atoms with E-state index in [0.29, 0.717) is 17.9 Å². The lowest BCUT2D eigenvalue weighted by Crippen LogP contribution is -2.13. The number of nitrogens with one attached hydrogen (secondary N) is 1. The van der Waals surface area contributed by atoms with Crippen molar-refractivity contribution in [3.05, 3.63) is 17.8 Å². The van der Waals surface area contributed by atoms with Gasteiger partial charge in [-0.1, -0.05) is 6.92 Å². The van der Waals surface area contributed by atoms with Crippen molar-refractivity contribution in [3.63, 3.8) is 0 Å². The Bertz CT molecular complexity index is 336. The monoisotopic (exact) mass is 193 g/mol. The van der Waals surface area contributed by atoms with Crippen LogP contribution in [0.4, 0.5) is 11.5 Å². The van der Waals surface area contributed by atoms with Crippen LogP contribution >= 0.6 is 0 Å². The number of hydrogen-bond donors (Lipinski definition) is 2. The van der Waals surface area contributed by atoms with E-state index in [4.69, 9.17) is 5.73 Å². The number of nitrogens with zero attached hydrogens (tertiary/aromatic N) is 1. The highest BCUT2D eigenvalue weighted by Gasteiger charge is 2.04.